The number of rotatable bonds is 3. The van der Waals surface area contributed by atoms with E-state index in [1.165, 1.54) is 0 Å². The summed E-state index contributed by atoms with van der Waals surface area (Å²) >= 11 is 1.93. The first-order valence-corrected chi connectivity index (χ1v) is 5.84. The van der Waals surface area contributed by atoms with Gasteiger partial charge in [-0.25, -0.2) is 0 Å². The fraction of sp³-hybridized carbons (Fsp3) is 0.800. The third-order valence-electron chi connectivity index (χ3n) is 2.10. The highest BCUT2D eigenvalue weighted by Crippen LogP contribution is 2.16. The van der Waals surface area contributed by atoms with Crippen molar-refractivity contribution in [3.8, 4) is 11.8 Å². The van der Waals surface area contributed by atoms with E-state index in [0.717, 1.165) is 31.0 Å². The maximum atomic E-state index is 5.98. The fourth-order valence-corrected chi connectivity index (χ4v) is 2.26. The summed E-state index contributed by atoms with van der Waals surface area (Å²) in [6.45, 7) is 2.71. The van der Waals surface area contributed by atoms with E-state index < -0.39 is 0 Å². The molecular formula is C10H17NOS. The molecule has 2 N–H and O–H groups in total. The van der Waals surface area contributed by atoms with Crippen LogP contribution in [0.3, 0.4) is 0 Å². The van der Waals surface area contributed by atoms with Crippen LogP contribution in [0.2, 0.25) is 0 Å². The second-order valence-corrected chi connectivity index (χ2v) is 4.26. The lowest BCUT2D eigenvalue weighted by Gasteiger charge is -2.27. The van der Waals surface area contributed by atoms with Crippen molar-refractivity contribution in [3.63, 3.8) is 0 Å². The Morgan fingerprint density at radius 1 is 1.69 bits per heavy atom. The summed E-state index contributed by atoms with van der Waals surface area (Å²) in [6, 6.07) is 0.161. The highest BCUT2D eigenvalue weighted by molar-refractivity contribution is 7.99. The number of nitrogens with two attached hydrogens (primary N) is 1. The lowest BCUT2D eigenvalue weighted by Crippen LogP contribution is -2.41. The van der Waals surface area contributed by atoms with Crippen LogP contribution >= 0.6 is 11.8 Å². The number of hydrogen-bond acceptors (Lipinski definition) is 3. The Labute approximate surface area is 84.6 Å². The van der Waals surface area contributed by atoms with E-state index in [0.29, 0.717) is 0 Å². The second-order valence-electron chi connectivity index (χ2n) is 3.11. The van der Waals surface area contributed by atoms with Gasteiger partial charge in [-0.1, -0.05) is 0 Å². The largest absolute Gasteiger partial charge is 0.375 e. The van der Waals surface area contributed by atoms with E-state index in [2.05, 4.69) is 11.8 Å². The Hall–Kier alpha value is -0.170. The Bertz CT molecular complexity index is 191. The van der Waals surface area contributed by atoms with Crippen molar-refractivity contribution in [3.05, 3.63) is 0 Å². The van der Waals surface area contributed by atoms with Crippen molar-refractivity contribution >= 4 is 11.8 Å². The fourth-order valence-electron chi connectivity index (χ4n) is 1.30. The van der Waals surface area contributed by atoms with Crippen LogP contribution in [0.4, 0.5) is 0 Å². The van der Waals surface area contributed by atoms with Crippen molar-refractivity contribution in [1.29, 1.82) is 0 Å². The smallest absolute Gasteiger partial charge is 0.0816 e. The summed E-state index contributed by atoms with van der Waals surface area (Å²) in [6.07, 6.45) is 2.09. The van der Waals surface area contributed by atoms with E-state index in [1.807, 2.05) is 18.7 Å². The molecule has 0 aromatic carbocycles. The van der Waals surface area contributed by atoms with Crippen LogP contribution in [0.1, 0.15) is 19.8 Å². The highest BCUT2D eigenvalue weighted by atomic mass is 32.2. The van der Waals surface area contributed by atoms with Gasteiger partial charge in [-0.15, -0.1) is 11.8 Å². The molecule has 0 aliphatic carbocycles. The summed E-state index contributed by atoms with van der Waals surface area (Å²) in [4.78, 5) is 0. The van der Waals surface area contributed by atoms with E-state index >= 15 is 0 Å². The minimum absolute atomic E-state index is 0.161. The maximum Gasteiger partial charge on any atom is 0.0816 e. The van der Waals surface area contributed by atoms with Gasteiger partial charge in [0, 0.05) is 24.0 Å². The molecule has 0 saturated carbocycles. The van der Waals surface area contributed by atoms with Gasteiger partial charge in [-0.2, -0.15) is 11.8 Å². The van der Waals surface area contributed by atoms with Crippen molar-refractivity contribution in [2.75, 3.05) is 18.1 Å². The van der Waals surface area contributed by atoms with Crippen molar-refractivity contribution < 1.29 is 4.74 Å². The zero-order valence-corrected chi connectivity index (χ0v) is 8.90. The van der Waals surface area contributed by atoms with E-state index in [9.17, 15) is 0 Å². The molecule has 2 unspecified atom stereocenters. The van der Waals surface area contributed by atoms with Gasteiger partial charge in [0.2, 0.25) is 0 Å². The third-order valence-corrected chi connectivity index (χ3v) is 3.12. The standard InChI is InChI=1S/C10H17NOS/c1-2-3-4-5-9(11)10-8-13-7-6-12-10/h9-10H,4-8,11H2,1H3. The van der Waals surface area contributed by atoms with Crippen molar-refractivity contribution in [2.45, 2.75) is 31.9 Å². The number of thioether (sulfide) groups is 1. The zero-order chi connectivity index (χ0) is 9.52. The van der Waals surface area contributed by atoms with Crippen LogP contribution < -0.4 is 5.73 Å². The SMILES string of the molecule is CC#CCCC(N)C1CSCCO1. The van der Waals surface area contributed by atoms with Gasteiger partial charge in [0.25, 0.3) is 0 Å². The summed E-state index contributed by atoms with van der Waals surface area (Å²) in [5, 5.41) is 0. The monoisotopic (exact) mass is 199 g/mol. The topological polar surface area (TPSA) is 35.2 Å². The minimum atomic E-state index is 0.161. The van der Waals surface area contributed by atoms with E-state index in [4.69, 9.17) is 10.5 Å². The molecular weight excluding hydrogens is 182 g/mol. The summed E-state index contributed by atoms with van der Waals surface area (Å²) < 4.78 is 5.58. The minimum Gasteiger partial charge on any atom is -0.375 e. The van der Waals surface area contributed by atoms with Gasteiger partial charge in [0.15, 0.2) is 0 Å². The molecule has 1 fully saturated rings. The van der Waals surface area contributed by atoms with E-state index in [1.54, 1.807) is 0 Å². The summed E-state index contributed by atoms with van der Waals surface area (Å²) in [5.74, 6) is 8.05. The van der Waals surface area contributed by atoms with Gasteiger partial charge in [-0.3, -0.25) is 0 Å². The molecule has 0 aromatic rings. The molecule has 1 aliphatic rings. The van der Waals surface area contributed by atoms with Gasteiger partial charge in [0.1, 0.15) is 0 Å². The normalized spacial score (nSPS) is 24.6. The predicted molar refractivity (Wildman–Crippen MR) is 57.7 cm³/mol. The Kier molecular flexibility index (Phi) is 5.29. The Balaban J connectivity index is 2.19. The van der Waals surface area contributed by atoms with Crippen LogP contribution in [0.5, 0.6) is 0 Å². The predicted octanol–water partition coefficient (Wildman–Crippen LogP) is 1.25. The van der Waals surface area contributed by atoms with Gasteiger partial charge in [0.05, 0.1) is 12.7 Å². The molecule has 1 saturated heterocycles. The average Bonchev–Trinajstić information content (AvgIpc) is 2.19. The molecule has 0 bridgehead atoms. The van der Waals surface area contributed by atoms with Crippen molar-refractivity contribution in [2.24, 2.45) is 5.73 Å². The molecule has 0 amide bonds. The molecule has 3 heteroatoms. The molecule has 2 nitrogen and oxygen atoms in total. The van der Waals surface area contributed by atoms with Crippen LogP contribution in [-0.2, 0) is 4.74 Å². The Morgan fingerprint density at radius 2 is 2.54 bits per heavy atom. The number of hydrogen-bond donors (Lipinski definition) is 1. The second kappa shape index (κ2) is 6.31. The zero-order valence-electron chi connectivity index (χ0n) is 8.08. The molecule has 0 spiro atoms. The first-order valence-electron chi connectivity index (χ1n) is 4.69. The Morgan fingerprint density at radius 3 is 3.15 bits per heavy atom. The average molecular weight is 199 g/mol. The van der Waals surface area contributed by atoms with Crippen LogP contribution in [0.25, 0.3) is 0 Å². The molecule has 74 valence electrons. The van der Waals surface area contributed by atoms with E-state index in [-0.39, 0.29) is 12.1 Å². The van der Waals surface area contributed by atoms with Gasteiger partial charge in [-0.05, 0) is 13.3 Å². The van der Waals surface area contributed by atoms with Gasteiger partial charge >= 0.3 is 0 Å². The molecule has 1 rings (SSSR count). The summed E-state index contributed by atoms with van der Waals surface area (Å²) in [5.41, 5.74) is 5.98. The molecule has 2 atom stereocenters. The summed E-state index contributed by atoms with van der Waals surface area (Å²) in [7, 11) is 0. The quantitative estimate of drug-likeness (QED) is 0.695. The molecule has 1 heterocycles. The first-order chi connectivity index (χ1) is 6.34. The molecule has 0 radical (unpaired) electrons. The van der Waals surface area contributed by atoms with Crippen LogP contribution in [-0.4, -0.2) is 30.3 Å². The lowest BCUT2D eigenvalue weighted by atomic mass is 10.1. The van der Waals surface area contributed by atoms with Crippen LogP contribution in [0.15, 0.2) is 0 Å². The maximum absolute atomic E-state index is 5.98. The molecule has 1 aliphatic heterocycles. The van der Waals surface area contributed by atoms with Gasteiger partial charge < -0.3 is 10.5 Å². The third kappa shape index (κ3) is 4.04. The first kappa shape index (κ1) is 10.9. The lowest BCUT2D eigenvalue weighted by molar-refractivity contribution is 0.0555. The number of ether oxygens (including phenoxy) is 1. The molecule has 0 aromatic heterocycles. The van der Waals surface area contributed by atoms with Crippen molar-refractivity contribution in [1.82, 2.24) is 0 Å². The highest BCUT2D eigenvalue weighted by Gasteiger charge is 2.20. The van der Waals surface area contributed by atoms with Crippen LogP contribution in [0, 0.1) is 11.8 Å². The molecule has 13 heavy (non-hydrogen) atoms.